The van der Waals surface area contributed by atoms with Crippen LogP contribution in [0.4, 0.5) is 0 Å². The van der Waals surface area contributed by atoms with Crippen LogP contribution >= 0.6 is 27.3 Å². The molecule has 1 aromatic rings. The first-order valence-electron chi connectivity index (χ1n) is 5.23. The molecule has 0 bridgehead atoms. The fourth-order valence-corrected chi connectivity index (χ4v) is 3.17. The Labute approximate surface area is 116 Å². The Balaban J connectivity index is 2.37. The zero-order chi connectivity index (χ0) is 13.5. The molecule has 1 N–H and O–H groups in total. The number of carbonyl (C=O) groups excluding carboxylic acids is 3. The van der Waals surface area contributed by atoms with Gasteiger partial charge in [-0.05, 0) is 41.2 Å². The third-order valence-electron chi connectivity index (χ3n) is 2.84. The Kier molecular flexibility index (Phi) is 3.29. The molecular formula is C11H11BrN2O3S. The van der Waals surface area contributed by atoms with Crippen molar-refractivity contribution in [3.8, 4) is 0 Å². The highest BCUT2D eigenvalue weighted by Gasteiger charge is 2.44. The van der Waals surface area contributed by atoms with Crippen molar-refractivity contribution < 1.29 is 14.4 Å². The molecule has 1 fully saturated rings. The molecule has 18 heavy (non-hydrogen) atoms. The van der Waals surface area contributed by atoms with Crippen molar-refractivity contribution in [2.24, 2.45) is 0 Å². The van der Waals surface area contributed by atoms with Crippen LogP contribution in [-0.2, 0) is 9.59 Å². The van der Waals surface area contributed by atoms with Crippen LogP contribution in [0.1, 0.15) is 23.5 Å². The molecule has 1 aliphatic rings. The highest BCUT2D eigenvalue weighted by molar-refractivity contribution is 9.10. The van der Waals surface area contributed by atoms with Crippen LogP contribution < -0.4 is 5.32 Å². The van der Waals surface area contributed by atoms with Gasteiger partial charge >= 0.3 is 0 Å². The lowest BCUT2D eigenvalue weighted by molar-refractivity contribution is -0.143. The lowest BCUT2D eigenvalue weighted by atomic mass is 9.98. The predicted molar refractivity (Wildman–Crippen MR) is 70.3 cm³/mol. The van der Waals surface area contributed by atoms with Crippen molar-refractivity contribution in [3.63, 3.8) is 0 Å². The maximum Gasteiger partial charge on any atom is 0.266 e. The third-order valence-corrected chi connectivity index (χ3v) is 4.67. The largest absolute Gasteiger partial charge is 0.314 e. The van der Waals surface area contributed by atoms with E-state index < -0.39 is 17.4 Å². The summed E-state index contributed by atoms with van der Waals surface area (Å²) >= 11 is 4.55. The maximum absolute atomic E-state index is 12.4. The van der Waals surface area contributed by atoms with Gasteiger partial charge in [0.05, 0.1) is 0 Å². The number of imide groups is 1. The van der Waals surface area contributed by atoms with E-state index in [9.17, 15) is 14.4 Å². The van der Waals surface area contributed by atoms with E-state index in [1.165, 1.54) is 16.2 Å². The second kappa shape index (κ2) is 4.47. The summed E-state index contributed by atoms with van der Waals surface area (Å²) in [6.07, 6.45) is 0. The Hall–Kier alpha value is -1.21. The van der Waals surface area contributed by atoms with Gasteiger partial charge in [-0.3, -0.25) is 19.7 Å². The molecule has 96 valence electrons. The number of carbonyl (C=O) groups is 3. The van der Waals surface area contributed by atoms with Crippen LogP contribution in [-0.4, -0.2) is 34.7 Å². The number of thiophene rings is 1. The van der Waals surface area contributed by atoms with Gasteiger partial charge in [0.25, 0.3) is 11.8 Å². The number of amides is 3. The van der Waals surface area contributed by atoms with E-state index in [4.69, 9.17) is 0 Å². The number of rotatable bonds is 1. The van der Waals surface area contributed by atoms with Gasteiger partial charge in [0.2, 0.25) is 5.91 Å². The lowest BCUT2D eigenvalue weighted by Crippen LogP contribution is -2.65. The second-order valence-corrected chi connectivity index (χ2v) is 6.20. The topological polar surface area (TPSA) is 66.5 Å². The van der Waals surface area contributed by atoms with Gasteiger partial charge < -0.3 is 4.90 Å². The fourth-order valence-electron chi connectivity index (χ4n) is 1.68. The molecular weight excluding hydrogens is 320 g/mol. The van der Waals surface area contributed by atoms with Crippen molar-refractivity contribution in [2.45, 2.75) is 19.4 Å². The molecule has 1 aliphatic heterocycles. The summed E-state index contributed by atoms with van der Waals surface area (Å²) in [5.41, 5.74) is -1.03. The van der Waals surface area contributed by atoms with Crippen LogP contribution in [0, 0.1) is 0 Å². The van der Waals surface area contributed by atoms with Gasteiger partial charge in [-0.1, -0.05) is 0 Å². The number of halogens is 1. The first-order chi connectivity index (χ1) is 8.34. The molecule has 0 saturated carbocycles. The van der Waals surface area contributed by atoms with Crippen LogP contribution in [0.5, 0.6) is 0 Å². The van der Waals surface area contributed by atoms with Crippen molar-refractivity contribution >= 4 is 45.0 Å². The predicted octanol–water partition coefficient (Wildman–Crippen LogP) is 1.39. The minimum absolute atomic E-state index is 0.109. The second-order valence-electron chi connectivity index (χ2n) is 4.43. The van der Waals surface area contributed by atoms with Gasteiger partial charge in [-0.2, -0.15) is 0 Å². The van der Waals surface area contributed by atoms with E-state index >= 15 is 0 Å². The number of piperazine rings is 1. The third kappa shape index (κ3) is 2.08. The zero-order valence-electron chi connectivity index (χ0n) is 9.82. The number of hydrogen-bond donors (Lipinski definition) is 1. The monoisotopic (exact) mass is 330 g/mol. The molecule has 0 aromatic carbocycles. The van der Waals surface area contributed by atoms with Crippen LogP contribution in [0.3, 0.4) is 0 Å². The van der Waals surface area contributed by atoms with E-state index in [1.54, 1.807) is 25.3 Å². The van der Waals surface area contributed by atoms with Gasteiger partial charge in [0.1, 0.15) is 17.0 Å². The number of hydrogen-bond acceptors (Lipinski definition) is 4. The zero-order valence-corrected chi connectivity index (χ0v) is 12.2. The highest BCUT2D eigenvalue weighted by atomic mass is 79.9. The molecule has 0 spiro atoms. The Bertz CT molecular complexity index is 538. The van der Waals surface area contributed by atoms with Crippen LogP contribution in [0.25, 0.3) is 0 Å². The summed E-state index contributed by atoms with van der Waals surface area (Å²) in [6.45, 7) is 3.13. The van der Waals surface area contributed by atoms with E-state index in [-0.39, 0.29) is 12.5 Å². The minimum atomic E-state index is -1.03. The SMILES string of the molecule is CC1(C)C(=O)NC(=O)CN1C(=O)c1sccc1Br. The molecule has 2 rings (SSSR count). The molecule has 7 heteroatoms. The first-order valence-corrected chi connectivity index (χ1v) is 6.90. The summed E-state index contributed by atoms with van der Waals surface area (Å²) in [7, 11) is 0. The number of nitrogens with one attached hydrogen (secondary N) is 1. The van der Waals surface area contributed by atoms with E-state index in [2.05, 4.69) is 21.2 Å². The summed E-state index contributed by atoms with van der Waals surface area (Å²) in [4.78, 5) is 37.3. The minimum Gasteiger partial charge on any atom is -0.314 e. The Morgan fingerprint density at radius 1 is 1.50 bits per heavy atom. The summed E-state index contributed by atoms with van der Waals surface area (Å²) in [6, 6.07) is 1.76. The molecule has 1 saturated heterocycles. The van der Waals surface area contributed by atoms with Crippen molar-refractivity contribution in [3.05, 3.63) is 20.8 Å². The van der Waals surface area contributed by atoms with Gasteiger partial charge in [0, 0.05) is 4.47 Å². The van der Waals surface area contributed by atoms with Gasteiger partial charge in [-0.25, -0.2) is 0 Å². The molecule has 2 heterocycles. The van der Waals surface area contributed by atoms with Crippen molar-refractivity contribution in [1.82, 2.24) is 10.2 Å². The standard InChI is InChI=1S/C11H11BrN2O3S/c1-11(2)10(17)13-7(15)5-14(11)9(16)8-6(12)3-4-18-8/h3-4H,5H2,1-2H3,(H,13,15,17). The molecule has 0 aliphatic carbocycles. The Morgan fingerprint density at radius 3 is 2.72 bits per heavy atom. The highest BCUT2D eigenvalue weighted by Crippen LogP contribution is 2.28. The normalized spacial score (nSPS) is 18.7. The quantitative estimate of drug-likeness (QED) is 0.791. The Morgan fingerprint density at radius 2 is 2.17 bits per heavy atom. The van der Waals surface area contributed by atoms with Crippen molar-refractivity contribution in [1.29, 1.82) is 0 Å². The van der Waals surface area contributed by atoms with Crippen LogP contribution in [0.15, 0.2) is 15.9 Å². The maximum atomic E-state index is 12.4. The van der Waals surface area contributed by atoms with E-state index in [1.807, 2.05) is 0 Å². The van der Waals surface area contributed by atoms with Crippen LogP contribution in [0.2, 0.25) is 0 Å². The molecule has 5 nitrogen and oxygen atoms in total. The molecule has 0 atom stereocenters. The molecule has 1 aromatic heterocycles. The van der Waals surface area contributed by atoms with Crippen molar-refractivity contribution in [2.75, 3.05) is 6.54 Å². The first kappa shape index (κ1) is 13.2. The smallest absolute Gasteiger partial charge is 0.266 e. The number of nitrogens with zero attached hydrogens (tertiary/aromatic N) is 1. The molecule has 0 unspecified atom stereocenters. The van der Waals surface area contributed by atoms with Gasteiger partial charge in [-0.15, -0.1) is 11.3 Å². The summed E-state index contributed by atoms with van der Waals surface area (Å²) < 4.78 is 0.673. The average molecular weight is 331 g/mol. The summed E-state index contributed by atoms with van der Waals surface area (Å²) in [5.74, 6) is -1.23. The average Bonchev–Trinajstić information content (AvgIpc) is 2.69. The van der Waals surface area contributed by atoms with E-state index in [0.29, 0.717) is 9.35 Å². The molecule has 3 amide bonds. The van der Waals surface area contributed by atoms with E-state index in [0.717, 1.165) is 0 Å². The fraction of sp³-hybridized carbons (Fsp3) is 0.364. The summed E-state index contributed by atoms with van der Waals surface area (Å²) in [5, 5.41) is 4.01. The molecule has 0 radical (unpaired) electrons. The lowest BCUT2D eigenvalue weighted by Gasteiger charge is -2.39. The van der Waals surface area contributed by atoms with Gasteiger partial charge in [0.15, 0.2) is 0 Å².